The van der Waals surface area contributed by atoms with E-state index in [2.05, 4.69) is 20.5 Å². The van der Waals surface area contributed by atoms with Crippen LogP contribution in [0.25, 0.3) is 11.5 Å². The summed E-state index contributed by atoms with van der Waals surface area (Å²) in [6.45, 7) is 0. The zero-order valence-corrected chi connectivity index (χ0v) is 18.1. The molecule has 2 heterocycles. The Labute approximate surface area is 185 Å². The number of hydrogen-bond acceptors (Lipinski definition) is 8. The van der Waals surface area contributed by atoms with Crippen molar-refractivity contribution in [2.75, 3.05) is 12.4 Å². The monoisotopic (exact) mass is 458 g/mol. The van der Waals surface area contributed by atoms with Gasteiger partial charge in [0.05, 0.1) is 18.4 Å². The van der Waals surface area contributed by atoms with Crippen molar-refractivity contribution in [1.82, 2.24) is 15.2 Å². The summed E-state index contributed by atoms with van der Waals surface area (Å²) in [4.78, 5) is 16.9. The summed E-state index contributed by atoms with van der Waals surface area (Å²) >= 11 is 8.66. The van der Waals surface area contributed by atoms with Crippen molar-refractivity contribution < 1.29 is 13.9 Å². The van der Waals surface area contributed by atoms with Crippen LogP contribution in [0, 0.1) is 0 Å². The van der Waals surface area contributed by atoms with Gasteiger partial charge >= 0.3 is 0 Å². The summed E-state index contributed by atoms with van der Waals surface area (Å²) in [6.07, 6.45) is 1.61. The van der Waals surface area contributed by atoms with Crippen LogP contribution in [0.5, 0.6) is 5.75 Å². The fraction of sp³-hybridized carbons (Fsp3) is 0.100. The molecule has 7 nitrogen and oxygen atoms in total. The second-order valence-corrected chi connectivity index (χ2v) is 8.60. The van der Waals surface area contributed by atoms with Gasteiger partial charge in [0.1, 0.15) is 12.0 Å². The van der Waals surface area contributed by atoms with E-state index in [1.54, 1.807) is 42.7 Å². The van der Waals surface area contributed by atoms with E-state index in [9.17, 15) is 4.79 Å². The number of ether oxygens (including phenoxy) is 1. The first-order valence-electron chi connectivity index (χ1n) is 8.73. The van der Waals surface area contributed by atoms with Crippen LogP contribution < -0.4 is 10.1 Å². The molecule has 0 aliphatic heterocycles. The number of para-hydroxylation sites is 1. The zero-order valence-electron chi connectivity index (χ0n) is 15.7. The van der Waals surface area contributed by atoms with Crippen molar-refractivity contribution in [3.63, 3.8) is 0 Å². The molecular weight excluding hydrogens is 444 g/mol. The lowest BCUT2D eigenvalue weighted by atomic mass is 10.2. The van der Waals surface area contributed by atoms with Gasteiger partial charge in [-0.3, -0.25) is 10.1 Å². The molecule has 0 saturated carbocycles. The van der Waals surface area contributed by atoms with Gasteiger partial charge in [0.2, 0.25) is 11.0 Å². The maximum atomic E-state index is 12.5. The highest BCUT2D eigenvalue weighted by Crippen LogP contribution is 2.30. The van der Waals surface area contributed by atoms with Crippen LogP contribution in [-0.4, -0.2) is 28.2 Å². The van der Waals surface area contributed by atoms with Crippen molar-refractivity contribution in [2.45, 2.75) is 10.1 Å². The first-order chi connectivity index (χ1) is 14.6. The van der Waals surface area contributed by atoms with Gasteiger partial charge in [-0.1, -0.05) is 46.8 Å². The highest BCUT2D eigenvalue weighted by Gasteiger charge is 2.15. The van der Waals surface area contributed by atoms with E-state index in [1.165, 1.54) is 30.2 Å². The van der Waals surface area contributed by atoms with E-state index in [-0.39, 0.29) is 5.91 Å². The minimum atomic E-state index is -0.302. The molecule has 4 aromatic rings. The second-order valence-electron chi connectivity index (χ2n) is 5.97. The van der Waals surface area contributed by atoms with Crippen LogP contribution in [0.3, 0.4) is 0 Å². The fourth-order valence-corrected chi connectivity index (χ4v) is 4.30. The van der Waals surface area contributed by atoms with Crippen molar-refractivity contribution in [2.24, 2.45) is 0 Å². The smallest absolute Gasteiger partial charge is 0.261 e. The third-order valence-electron chi connectivity index (χ3n) is 3.96. The van der Waals surface area contributed by atoms with Gasteiger partial charge in [-0.2, -0.15) is 0 Å². The number of rotatable bonds is 7. The van der Waals surface area contributed by atoms with Crippen molar-refractivity contribution in [3.8, 4) is 17.2 Å². The highest BCUT2D eigenvalue weighted by atomic mass is 35.5. The summed E-state index contributed by atoms with van der Waals surface area (Å²) < 4.78 is 11.5. The van der Waals surface area contributed by atoms with E-state index >= 15 is 0 Å². The lowest BCUT2D eigenvalue weighted by molar-refractivity contribution is 0.102. The summed E-state index contributed by atoms with van der Waals surface area (Å²) in [5, 5.41) is 12.0. The number of nitrogens with one attached hydrogen (secondary N) is 1. The van der Waals surface area contributed by atoms with E-state index in [0.29, 0.717) is 37.5 Å². The lowest BCUT2D eigenvalue weighted by Crippen LogP contribution is -2.12. The standard InChI is InChI=1S/C20H15ClN4O3S2/c1-27-16-5-3-2-4-15(16)17(26)23-19-24-25-20(30-19)29-11-14-10-28-18(22-14)12-6-8-13(21)9-7-12/h2-10H,11H2,1H3,(H,23,24,26). The summed E-state index contributed by atoms with van der Waals surface area (Å²) in [5.41, 5.74) is 2.06. The number of oxazole rings is 1. The molecule has 1 amide bonds. The lowest BCUT2D eigenvalue weighted by Gasteiger charge is -2.06. The van der Waals surface area contributed by atoms with Gasteiger partial charge in [0.25, 0.3) is 5.91 Å². The zero-order chi connectivity index (χ0) is 20.9. The SMILES string of the molecule is COc1ccccc1C(=O)Nc1nnc(SCc2coc(-c3ccc(Cl)cc3)n2)s1. The second kappa shape index (κ2) is 9.29. The number of benzene rings is 2. The molecule has 4 rings (SSSR count). The predicted octanol–water partition coefficient (Wildman–Crippen LogP) is 5.40. The number of aromatic nitrogens is 3. The molecule has 0 aliphatic rings. The van der Waals surface area contributed by atoms with E-state index in [1.807, 2.05) is 12.1 Å². The number of carbonyl (C=O) groups excluding carboxylic acids is 1. The Morgan fingerprint density at radius 2 is 2.00 bits per heavy atom. The molecule has 0 unspecified atom stereocenters. The van der Waals surface area contributed by atoms with Gasteiger partial charge < -0.3 is 9.15 Å². The fourth-order valence-electron chi connectivity index (χ4n) is 2.55. The molecular formula is C20H15ClN4O3S2. The van der Waals surface area contributed by atoms with Gasteiger partial charge in [-0.25, -0.2) is 4.98 Å². The molecule has 0 atom stereocenters. The topological polar surface area (TPSA) is 90.1 Å². The maximum absolute atomic E-state index is 12.5. The van der Waals surface area contributed by atoms with Crippen molar-refractivity contribution >= 4 is 45.7 Å². The van der Waals surface area contributed by atoms with Crippen LogP contribution in [0.2, 0.25) is 5.02 Å². The number of methoxy groups -OCH3 is 1. The molecule has 0 saturated heterocycles. The Bertz CT molecular complexity index is 1160. The summed E-state index contributed by atoms with van der Waals surface area (Å²) in [5.74, 6) is 1.29. The molecule has 30 heavy (non-hydrogen) atoms. The molecule has 152 valence electrons. The molecule has 2 aromatic carbocycles. The number of nitrogens with zero attached hydrogens (tertiary/aromatic N) is 3. The molecule has 0 aliphatic carbocycles. The van der Waals surface area contributed by atoms with Crippen LogP contribution in [0.4, 0.5) is 5.13 Å². The average Bonchev–Trinajstić information content (AvgIpc) is 3.42. The molecule has 1 N–H and O–H groups in total. The number of carbonyl (C=O) groups is 1. The van der Waals surface area contributed by atoms with Gasteiger partial charge in [-0.15, -0.1) is 10.2 Å². The molecule has 10 heteroatoms. The van der Waals surface area contributed by atoms with Gasteiger partial charge in [0.15, 0.2) is 4.34 Å². The van der Waals surface area contributed by atoms with E-state index in [0.717, 1.165) is 11.3 Å². The Morgan fingerprint density at radius 3 is 2.80 bits per heavy atom. The minimum absolute atomic E-state index is 0.302. The summed E-state index contributed by atoms with van der Waals surface area (Å²) in [6, 6.07) is 14.3. The van der Waals surface area contributed by atoms with Crippen LogP contribution in [-0.2, 0) is 5.75 Å². The highest BCUT2D eigenvalue weighted by molar-refractivity contribution is 8.00. The maximum Gasteiger partial charge on any atom is 0.261 e. The normalized spacial score (nSPS) is 10.7. The third-order valence-corrected chi connectivity index (χ3v) is 6.22. The number of amides is 1. The first kappa shape index (κ1) is 20.4. The number of anilines is 1. The molecule has 0 fully saturated rings. The third kappa shape index (κ3) is 4.81. The molecule has 0 spiro atoms. The average molecular weight is 459 g/mol. The minimum Gasteiger partial charge on any atom is -0.496 e. The Kier molecular flexibility index (Phi) is 6.32. The Hall–Kier alpha value is -2.88. The van der Waals surface area contributed by atoms with E-state index in [4.69, 9.17) is 20.8 Å². The molecule has 0 radical (unpaired) electrons. The number of halogens is 1. The Morgan fingerprint density at radius 1 is 1.20 bits per heavy atom. The number of hydrogen-bond donors (Lipinski definition) is 1. The van der Waals surface area contributed by atoms with Crippen molar-refractivity contribution in [3.05, 3.63) is 71.1 Å². The van der Waals surface area contributed by atoms with Gasteiger partial charge in [-0.05, 0) is 36.4 Å². The molecule has 0 bridgehead atoms. The van der Waals surface area contributed by atoms with Crippen LogP contribution in [0.15, 0.2) is 63.6 Å². The van der Waals surface area contributed by atoms with E-state index < -0.39 is 0 Å². The number of thioether (sulfide) groups is 1. The predicted molar refractivity (Wildman–Crippen MR) is 117 cm³/mol. The summed E-state index contributed by atoms with van der Waals surface area (Å²) in [7, 11) is 1.52. The van der Waals surface area contributed by atoms with Crippen LogP contribution >= 0.6 is 34.7 Å². The van der Waals surface area contributed by atoms with Crippen LogP contribution in [0.1, 0.15) is 16.1 Å². The Balaban J connectivity index is 1.36. The quantitative estimate of drug-likeness (QED) is 0.293. The molecule has 2 aromatic heterocycles. The largest absolute Gasteiger partial charge is 0.496 e. The first-order valence-corrected chi connectivity index (χ1v) is 10.9. The van der Waals surface area contributed by atoms with Gasteiger partial charge in [0, 0.05) is 16.3 Å². The van der Waals surface area contributed by atoms with Crippen molar-refractivity contribution in [1.29, 1.82) is 0 Å².